The number of nitrogens with zero attached hydrogens (tertiary/aromatic N) is 3. The summed E-state index contributed by atoms with van der Waals surface area (Å²) in [6.45, 7) is 7.87. The molecule has 1 rings (SSSR count). The molecule has 0 aliphatic carbocycles. The molecule has 1 aromatic heterocycles. The third kappa shape index (κ3) is 5.21. The second kappa shape index (κ2) is 7.17. The molecule has 1 heterocycles. The summed E-state index contributed by atoms with van der Waals surface area (Å²) in [4.78, 5) is 2.31. The molecule has 0 fully saturated rings. The number of hydrogen-bond donors (Lipinski definition) is 0. The summed E-state index contributed by atoms with van der Waals surface area (Å²) in [7, 11) is 1.72. The zero-order valence-electron chi connectivity index (χ0n) is 9.94. The number of methoxy groups -OCH3 is 1. The Labute approximate surface area is 106 Å². The van der Waals surface area contributed by atoms with Crippen LogP contribution in [0.2, 0.25) is 4.47 Å². The molecular weight excluding hydrogens is 246 g/mol. The molecule has 0 saturated carbocycles. The molecule has 6 heteroatoms. The smallest absolute Gasteiger partial charge is 0.207 e. The number of halogens is 1. The van der Waals surface area contributed by atoms with E-state index in [0.717, 1.165) is 31.2 Å². The van der Waals surface area contributed by atoms with Gasteiger partial charge in [0.25, 0.3) is 0 Å². The lowest BCUT2D eigenvalue weighted by atomic mass is 10.2. The largest absolute Gasteiger partial charge is 0.383 e. The fourth-order valence-electron chi connectivity index (χ4n) is 1.46. The Morgan fingerprint density at radius 2 is 2.19 bits per heavy atom. The highest BCUT2D eigenvalue weighted by Crippen LogP contribution is 2.16. The lowest BCUT2D eigenvalue weighted by Gasteiger charge is -2.22. The first-order valence-corrected chi connectivity index (χ1v) is 6.50. The van der Waals surface area contributed by atoms with Gasteiger partial charge in [0, 0.05) is 20.2 Å². The molecule has 0 saturated heterocycles. The van der Waals surface area contributed by atoms with Gasteiger partial charge < -0.3 is 4.74 Å². The van der Waals surface area contributed by atoms with Gasteiger partial charge in [-0.2, -0.15) is 0 Å². The zero-order valence-corrected chi connectivity index (χ0v) is 11.5. The van der Waals surface area contributed by atoms with E-state index < -0.39 is 0 Å². The van der Waals surface area contributed by atoms with Crippen LogP contribution >= 0.6 is 22.9 Å². The average Bonchev–Trinajstić information content (AvgIpc) is 2.59. The average molecular weight is 264 g/mol. The molecule has 0 aliphatic heterocycles. The summed E-state index contributed by atoms with van der Waals surface area (Å²) >= 11 is 7.19. The van der Waals surface area contributed by atoms with E-state index in [9.17, 15) is 0 Å². The fraction of sp³-hybridized carbons (Fsp3) is 0.800. The quantitative estimate of drug-likeness (QED) is 0.757. The predicted molar refractivity (Wildman–Crippen MR) is 66.9 cm³/mol. The minimum absolute atomic E-state index is 0.506. The molecule has 16 heavy (non-hydrogen) atoms. The van der Waals surface area contributed by atoms with E-state index in [2.05, 4.69) is 28.9 Å². The molecule has 0 N–H and O–H groups in total. The van der Waals surface area contributed by atoms with Crippen molar-refractivity contribution in [2.45, 2.75) is 20.4 Å². The van der Waals surface area contributed by atoms with Gasteiger partial charge in [-0.1, -0.05) is 25.2 Å². The molecule has 1 aromatic rings. The second-order valence-corrected chi connectivity index (χ2v) is 5.71. The molecule has 0 amide bonds. The van der Waals surface area contributed by atoms with Crippen molar-refractivity contribution < 1.29 is 4.74 Å². The topological polar surface area (TPSA) is 38.2 Å². The normalized spacial score (nSPS) is 11.6. The molecule has 0 atom stereocenters. The van der Waals surface area contributed by atoms with E-state index in [0.29, 0.717) is 10.4 Å². The van der Waals surface area contributed by atoms with Crippen molar-refractivity contribution in [1.82, 2.24) is 15.1 Å². The van der Waals surface area contributed by atoms with Gasteiger partial charge in [0.05, 0.1) is 13.2 Å². The van der Waals surface area contributed by atoms with Gasteiger partial charge in [0.15, 0.2) is 0 Å². The first-order chi connectivity index (χ1) is 7.61. The van der Waals surface area contributed by atoms with Crippen LogP contribution in [0.3, 0.4) is 0 Å². The summed E-state index contributed by atoms with van der Waals surface area (Å²) in [6, 6.07) is 0. The Morgan fingerprint density at radius 3 is 2.69 bits per heavy atom. The fourth-order valence-corrected chi connectivity index (χ4v) is 2.37. The van der Waals surface area contributed by atoms with Crippen molar-refractivity contribution in [2.24, 2.45) is 5.92 Å². The number of hydrogen-bond acceptors (Lipinski definition) is 5. The summed E-state index contributed by atoms with van der Waals surface area (Å²) in [5, 5.41) is 8.79. The van der Waals surface area contributed by atoms with Crippen LogP contribution in [0.25, 0.3) is 0 Å². The van der Waals surface area contributed by atoms with Crippen LogP contribution in [0.5, 0.6) is 0 Å². The van der Waals surface area contributed by atoms with Crippen LogP contribution < -0.4 is 0 Å². The third-order valence-corrected chi connectivity index (χ3v) is 3.04. The SMILES string of the molecule is COCCN(Cc1nnc(Cl)s1)CC(C)C. The van der Waals surface area contributed by atoms with Gasteiger partial charge in [0.2, 0.25) is 4.47 Å². The summed E-state index contributed by atoms with van der Waals surface area (Å²) < 4.78 is 5.60. The van der Waals surface area contributed by atoms with E-state index in [-0.39, 0.29) is 0 Å². The Kier molecular flexibility index (Phi) is 6.20. The van der Waals surface area contributed by atoms with Gasteiger partial charge in [-0.3, -0.25) is 4.90 Å². The van der Waals surface area contributed by atoms with Gasteiger partial charge in [0.1, 0.15) is 5.01 Å². The van der Waals surface area contributed by atoms with Crippen LogP contribution in [0.15, 0.2) is 0 Å². The molecule has 4 nitrogen and oxygen atoms in total. The lowest BCUT2D eigenvalue weighted by molar-refractivity contribution is 0.136. The molecule has 0 bridgehead atoms. The summed E-state index contributed by atoms with van der Waals surface area (Å²) in [5.74, 6) is 0.625. The van der Waals surface area contributed by atoms with Crippen molar-refractivity contribution in [2.75, 3.05) is 26.8 Å². The highest BCUT2D eigenvalue weighted by Gasteiger charge is 2.11. The van der Waals surface area contributed by atoms with E-state index in [1.165, 1.54) is 11.3 Å². The van der Waals surface area contributed by atoms with Crippen molar-refractivity contribution >= 4 is 22.9 Å². The van der Waals surface area contributed by atoms with Gasteiger partial charge in [-0.25, -0.2) is 0 Å². The number of aromatic nitrogens is 2. The minimum atomic E-state index is 0.506. The standard InChI is InChI=1S/C10H18ClN3OS/c1-8(2)6-14(4-5-15-3)7-9-12-13-10(11)16-9/h8H,4-7H2,1-3H3. The van der Waals surface area contributed by atoms with Crippen LogP contribution in [0.1, 0.15) is 18.9 Å². The Hall–Kier alpha value is -0.230. The first kappa shape index (κ1) is 13.8. The van der Waals surface area contributed by atoms with E-state index in [4.69, 9.17) is 16.3 Å². The van der Waals surface area contributed by atoms with Crippen LogP contribution in [0.4, 0.5) is 0 Å². The van der Waals surface area contributed by atoms with Crippen molar-refractivity contribution in [3.05, 3.63) is 9.47 Å². The van der Waals surface area contributed by atoms with Crippen molar-refractivity contribution in [3.63, 3.8) is 0 Å². The molecule has 0 spiro atoms. The van der Waals surface area contributed by atoms with Crippen LogP contribution in [-0.4, -0.2) is 41.9 Å². The Balaban J connectivity index is 2.48. The van der Waals surface area contributed by atoms with Crippen molar-refractivity contribution in [1.29, 1.82) is 0 Å². The molecule has 0 unspecified atom stereocenters. The highest BCUT2D eigenvalue weighted by molar-refractivity contribution is 7.15. The van der Waals surface area contributed by atoms with E-state index in [1.54, 1.807) is 7.11 Å². The first-order valence-electron chi connectivity index (χ1n) is 5.31. The second-order valence-electron chi connectivity index (χ2n) is 4.07. The predicted octanol–water partition coefficient (Wildman–Crippen LogP) is 2.30. The van der Waals surface area contributed by atoms with Gasteiger partial charge in [-0.05, 0) is 17.5 Å². The van der Waals surface area contributed by atoms with Gasteiger partial charge >= 0.3 is 0 Å². The third-order valence-electron chi connectivity index (χ3n) is 2.04. The van der Waals surface area contributed by atoms with Crippen LogP contribution in [-0.2, 0) is 11.3 Å². The van der Waals surface area contributed by atoms with E-state index >= 15 is 0 Å². The van der Waals surface area contributed by atoms with Gasteiger partial charge in [-0.15, -0.1) is 10.2 Å². The highest BCUT2D eigenvalue weighted by atomic mass is 35.5. The molecule has 0 aromatic carbocycles. The maximum Gasteiger partial charge on any atom is 0.207 e. The monoisotopic (exact) mass is 263 g/mol. The molecule has 0 aliphatic rings. The summed E-state index contributed by atoms with van der Waals surface area (Å²) in [5.41, 5.74) is 0. The van der Waals surface area contributed by atoms with Crippen molar-refractivity contribution in [3.8, 4) is 0 Å². The number of ether oxygens (including phenoxy) is 1. The van der Waals surface area contributed by atoms with E-state index in [1.807, 2.05) is 0 Å². The maximum atomic E-state index is 5.76. The Bertz CT molecular complexity index is 306. The zero-order chi connectivity index (χ0) is 12.0. The minimum Gasteiger partial charge on any atom is -0.383 e. The van der Waals surface area contributed by atoms with Crippen LogP contribution in [0, 0.1) is 5.92 Å². The number of rotatable bonds is 7. The Morgan fingerprint density at radius 1 is 1.44 bits per heavy atom. The lowest BCUT2D eigenvalue weighted by Crippen LogP contribution is -2.30. The molecule has 92 valence electrons. The maximum absolute atomic E-state index is 5.76. The summed E-state index contributed by atoms with van der Waals surface area (Å²) in [6.07, 6.45) is 0. The molecule has 0 radical (unpaired) electrons. The molecular formula is C10H18ClN3OS.